The van der Waals surface area contributed by atoms with Crippen molar-refractivity contribution in [3.8, 4) is 0 Å². The van der Waals surface area contributed by atoms with Gasteiger partial charge in [-0.15, -0.1) is 0 Å². The quantitative estimate of drug-likeness (QED) is 0.586. The summed E-state index contributed by atoms with van der Waals surface area (Å²) >= 11 is 3.29. The zero-order valence-corrected chi connectivity index (χ0v) is 12.9. The van der Waals surface area contributed by atoms with Crippen molar-refractivity contribution in [2.75, 3.05) is 38.2 Å². The maximum absolute atomic E-state index is 11.9. The smallest absolute Gasteiger partial charge is 0.410 e. The van der Waals surface area contributed by atoms with Crippen LogP contribution in [0.2, 0.25) is 0 Å². The molecular weight excluding hydrogens is 302 g/mol. The van der Waals surface area contributed by atoms with E-state index in [1.807, 2.05) is 20.8 Å². The third-order valence-electron chi connectivity index (χ3n) is 2.32. The highest BCUT2D eigenvalue weighted by Crippen LogP contribution is 2.13. The van der Waals surface area contributed by atoms with Crippen LogP contribution in [0.3, 0.4) is 0 Å². The van der Waals surface area contributed by atoms with Crippen LogP contribution >= 0.6 is 15.9 Å². The normalized spacial score (nSPS) is 20.9. The maximum Gasteiger partial charge on any atom is 0.410 e. The number of alkyl halides is 1. The van der Waals surface area contributed by atoms with Crippen molar-refractivity contribution in [1.82, 2.24) is 4.90 Å². The molecule has 0 saturated carbocycles. The lowest BCUT2D eigenvalue weighted by Gasteiger charge is -2.34. The summed E-state index contributed by atoms with van der Waals surface area (Å²) in [5, 5.41) is 0.801. The SMILES string of the molecule is CC(C)(C)OC(=O)N1CCO[C@H](COCCBr)C1. The van der Waals surface area contributed by atoms with Crippen LogP contribution in [0.15, 0.2) is 0 Å². The molecule has 6 heteroatoms. The van der Waals surface area contributed by atoms with E-state index in [1.165, 1.54) is 0 Å². The Bertz CT molecular complexity index is 267. The van der Waals surface area contributed by atoms with Crippen molar-refractivity contribution in [1.29, 1.82) is 0 Å². The molecule has 1 fully saturated rings. The number of hydrogen-bond donors (Lipinski definition) is 0. The van der Waals surface area contributed by atoms with Crippen LogP contribution in [0.25, 0.3) is 0 Å². The molecule has 1 aliphatic heterocycles. The van der Waals surface area contributed by atoms with Crippen molar-refractivity contribution in [2.45, 2.75) is 32.5 Å². The Hall–Kier alpha value is -0.330. The second kappa shape index (κ2) is 7.31. The van der Waals surface area contributed by atoms with Gasteiger partial charge in [0.05, 0.1) is 32.5 Å². The van der Waals surface area contributed by atoms with E-state index in [4.69, 9.17) is 14.2 Å². The van der Waals surface area contributed by atoms with Gasteiger partial charge in [0.2, 0.25) is 0 Å². The van der Waals surface area contributed by atoms with Crippen LogP contribution in [0.1, 0.15) is 20.8 Å². The fourth-order valence-electron chi connectivity index (χ4n) is 1.58. The number of carbonyl (C=O) groups is 1. The molecule has 1 aliphatic rings. The van der Waals surface area contributed by atoms with Crippen molar-refractivity contribution >= 4 is 22.0 Å². The third kappa shape index (κ3) is 6.02. The number of amides is 1. The Balaban J connectivity index is 2.36. The largest absolute Gasteiger partial charge is 0.444 e. The molecule has 1 rings (SSSR count). The molecule has 0 aliphatic carbocycles. The van der Waals surface area contributed by atoms with Crippen LogP contribution in [-0.2, 0) is 14.2 Å². The number of ether oxygens (including phenoxy) is 3. The summed E-state index contributed by atoms with van der Waals surface area (Å²) in [5.41, 5.74) is -0.461. The van der Waals surface area contributed by atoms with Crippen LogP contribution in [0.5, 0.6) is 0 Å². The van der Waals surface area contributed by atoms with E-state index in [1.54, 1.807) is 4.90 Å². The fourth-order valence-corrected chi connectivity index (χ4v) is 1.81. The van der Waals surface area contributed by atoms with E-state index in [2.05, 4.69) is 15.9 Å². The number of rotatable bonds is 4. The molecule has 106 valence electrons. The summed E-state index contributed by atoms with van der Waals surface area (Å²) in [6.45, 7) is 8.37. The number of halogens is 1. The Morgan fingerprint density at radius 1 is 1.50 bits per heavy atom. The van der Waals surface area contributed by atoms with Gasteiger partial charge in [0.25, 0.3) is 0 Å². The van der Waals surface area contributed by atoms with E-state index < -0.39 is 5.60 Å². The molecule has 0 aromatic carbocycles. The van der Waals surface area contributed by atoms with Crippen LogP contribution in [0, 0.1) is 0 Å². The summed E-state index contributed by atoms with van der Waals surface area (Å²) in [4.78, 5) is 13.6. The zero-order chi connectivity index (χ0) is 13.6. The molecule has 0 spiro atoms. The van der Waals surface area contributed by atoms with E-state index in [0.29, 0.717) is 32.9 Å². The molecule has 18 heavy (non-hydrogen) atoms. The van der Waals surface area contributed by atoms with Gasteiger partial charge in [0, 0.05) is 11.9 Å². The average molecular weight is 324 g/mol. The molecule has 1 amide bonds. The van der Waals surface area contributed by atoms with Gasteiger partial charge in [0.1, 0.15) is 5.60 Å². The molecule has 0 radical (unpaired) electrons. The standard InChI is InChI=1S/C12H22BrNO4/c1-12(2,3)18-11(15)14-5-7-17-10(8-14)9-16-6-4-13/h10H,4-9H2,1-3H3/t10-/m0/s1. The lowest BCUT2D eigenvalue weighted by molar-refractivity contribution is -0.0707. The van der Waals surface area contributed by atoms with Crippen molar-refractivity contribution in [2.24, 2.45) is 0 Å². The first kappa shape index (κ1) is 15.7. The minimum absolute atomic E-state index is 0.0645. The van der Waals surface area contributed by atoms with E-state index in [9.17, 15) is 4.79 Å². The van der Waals surface area contributed by atoms with Crippen LogP contribution in [-0.4, -0.2) is 60.9 Å². The molecule has 1 atom stereocenters. The van der Waals surface area contributed by atoms with Gasteiger partial charge in [-0.2, -0.15) is 0 Å². The van der Waals surface area contributed by atoms with E-state index in [-0.39, 0.29) is 12.2 Å². The molecule has 0 N–H and O–H groups in total. The fraction of sp³-hybridized carbons (Fsp3) is 0.917. The predicted octanol–water partition coefficient (Wildman–Crippen LogP) is 2.03. The molecule has 1 heterocycles. The third-order valence-corrected chi connectivity index (χ3v) is 2.64. The summed E-state index contributed by atoms with van der Waals surface area (Å²) in [5.74, 6) is 0. The first-order valence-corrected chi connectivity index (χ1v) is 7.28. The summed E-state index contributed by atoms with van der Waals surface area (Å²) in [7, 11) is 0. The zero-order valence-electron chi connectivity index (χ0n) is 11.3. The molecule has 0 aromatic rings. The van der Waals surface area contributed by atoms with E-state index in [0.717, 1.165) is 5.33 Å². The first-order valence-electron chi connectivity index (χ1n) is 6.15. The molecule has 5 nitrogen and oxygen atoms in total. The van der Waals surface area contributed by atoms with Crippen LogP contribution < -0.4 is 0 Å². The minimum atomic E-state index is -0.461. The number of carbonyl (C=O) groups excluding carboxylic acids is 1. The highest BCUT2D eigenvalue weighted by atomic mass is 79.9. The van der Waals surface area contributed by atoms with Crippen LogP contribution in [0.4, 0.5) is 4.79 Å². The number of morpholine rings is 1. The molecule has 0 bridgehead atoms. The Kier molecular flexibility index (Phi) is 6.38. The topological polar surface area (TPSA) is 48.0 Å². The molecule has 0 unspecified atom stereocenters. The Morgan fingerprint density at radius 3 is 2.83 bits per heavy atom. The minimum Gasteiger partial charge on any atom is -0.444 e. The van der Waals surface area contributed by atoms with Gasteiger partial charge < -0.3 is 19.1 Å². The molecular formula is C12H22BrNO4. The van der Waals surface area contributed by atoms with Crippen molar-refractivity contribution in [3.05, 3.63) is 0 Å². The monoisotopic (exact) mass is 323 g/mol. The van der Waals surface area contributed by atoms with Gasteiger partial charge in [0.15, 0.2) is 0 Å². The number of nitrogens with zero attached hydrogens (tertiary/aromatic N) is 1. The van der Waals surface area contributed by atoms with E-state index >= 15 is 0 Å². The molecule has 0 aromatic heterocycles. The average Bonchev–Trinajstić information content (AvgIpc) is 2.27. The highest BCUT2D eigenvalue weighted by molar-refractivity contribution is 9.09. The lowest BCUT2D eigenvalue weighted by Crippen LogP contribution is -2.48. The first-order chi connectivity index (χ1) is 8.42. The lowest BCUT2D eigenvalue weighted by atomic mass is 10.2. The molecule has 1 saturated heterocycles. The van der Waals surface area contributed by atoms with Gasteiger partial charge in [-0.25, -0.2) is 4.79 Å². The van der Waals surface area contributed by atoms with Gasteiger partial charge in [-0.1, -0.05) is 15.9 Å². The maximum atomic E-state index is 11.9. The predicted molar refractivity (Wildman–Crippen MR) is 72.2 cm³/mol. The van der Waals surface area contributed by atoms with Gasteiger partial charge in [-0.3, -0.25) is 0 Å². The second-order valence-electron chi connectivity index (χ2n) is 5.18. The van der Waals surface area contributed by atoms with Gasteiger partial charge >= 0.3 is 6.09 Å². The Labute approximate surface area is 117 Å². The summed E-state index contributed by atoms with van der Waals surface area (Å²) in [6, 6.07) is 0. The van der Waals surface area contributed by atoms with Crippen molar-refractivity contribution in [3.63, 3.8) is 0 Å². The van der Waals surface area contributed by atoms with Gasteiger partial charge in [-0.05, 0) is 20.8 Å². The van der Waals surface area contributed by atoms with Crippen molar-refractivity contribution < 1.29 is 19.0 Å². The Morgan fingerprint density at radius 2 is 2.22 bits per heavy atom. The number of hydrogen-bond acceptors (Lipinski definition) is 4. The summed E-state index contributed by atoms with van der Waals surface area (Å²) < 4.78 is 16.3. The second-order valence-corrected chi connectivity index (χ2v) is 5.98. The summed E-state index contributed by atoms with van der Waals surface area (Å²) in [6.07, 6.45) is -0.346. The highest BCUT2D eigenvalue weighted by Gasteiger charge is 2.28.